The van der Waals surface area contributed by atoms with Crippen molar-refractivity contribution >= 4 is 0 Å². The van der Waals surface area contributed by atoms with Crippen LogP contribution in [0.25, 0.3) is 0 Å². The van der Waals surface area contributed by atoms with E-state index in [-0.39, 0.29) is 0 Å². The van der Waals surface area contributed by atoms with Gasteiger partial charge in [0.1, 0.15) is 5.76 Å². The first-order valence-electron chi connectivity index (χ1n) is 4.65. The van der Waals surface area contributed by atoms with Gasteiger partial charge in [-0.25, -0.2) is 0 Å². The van der Waals surface area contributed by atoms with Gasteiger partial charge in [0, 0.05) is 6.42 Å². The largest absolute Gasteiger partial charge is 0.469 e. The van der Waals surface area contributed by atoms with E-state index in [2.05, 4.69) is 27.7 Å². The van der Waals surface area contributed by atoms with Gasteiger partial charge >= 0.3 is 0 Å². The summed E-state index contributed by atoms with van der Waals surface area (Å²) in [7, 11) is 0. The van der Waals surface area contributed by atoms with Gasteiger partial charge < -0.3 is 4.42 Å². The third-order valence-electron chi connectivity index (χ3n) is 2.34. The predicted molar refractivity (Wildman–Crippen MR) is 51.3 cm³/mol. The zero-order valence-corrected chi connectivity index (χ0v) is 8.48. The summed E-state index contributed by atoms with van der Waals surface area (Å²) in [6, 6.07) is 0. The van der Waals surface area contributed by atoms with Gasteiger partial charge in [-0.05, 0) is 37.3 Å². The molecule has 1 nitrogen and oxygen atoms in total. The van der Waals surface area contributed by atoms with Crippen molar-refractivity contribution in [2.45, 2.75) is 40.5 Å². The molecule has 1 rings (SSSR count). The van der Waals surface area contributed by atoms with E-state index in [1.165, 1.54) is 23.3 Å². The van der Waals surface area contributed by atoms with Crippen molar-refractivity contribution in [3.63, 3.8) is 0 Å². The van der Waals surface area contributed by atoms with Crippen LogP contribution < -0.4 is 0 Å². The molecule has 0 aromatic carbocycles. The summed E-state index contributed by atoms with van der Waals surface area (Å²) in [5.74, 6) is 1.93. The molecule has 0 fully saturated rings. The van der Waals surface area contributed by atoms with Gasteiger partial charge in [-0.2, -0.15) is 0 Å². The minimum atomic E-state index is 0.759. The highest BCUT2D eigenvalue weighted by Crippen LogP contribution is 2.18. The Labute approximate surface area is 74.8 Å². The molecule has 0 amide bonds. The molecule has 0 aliphatic rings. The maximum atomic E-state index is 5.45. The second-order valence-corrected chi connectivity index (χ2v) is 3.90. The van der Waals surface area contributed by atoms with Crippen LogP contribution in [0.4, 0.5) is 0 Å². The number of furan rings is 1. The van der Waals surface area contributed by atoms with Gasteiger partial charge in [0.25, 0.3) is 0 Å². The van der Waals surface area contributed by atoms with Crippen LogP contribution >= 0.6 is 0 Å². The average Bonchev–Trinajstić information content (AvgIpc) is 2.30. The molecule has 0 radical (unpaired) electrons. The molecular formula is C11H18O. The molecule has 0 bridgehead atoms. The molecule has 0 aliphatic carbocycles. The molecule has 68 valence electrons. The molecule has 1 aromatic rings. The summed E-state index contributed by atoms with van der Waals surface area (Å²) >= 11 is 0. The molecule has 0 unspecified atom stereocenters. The van der Waals surface area contributed by atoms with Gasteiger partial charge in [0.2, 0.25) is 0 Å². The van der Waals surface area contributed by atoms with Crippen LogP contribution in [-0.2, 0) is 6.42 Å². The lowest BCUT2D eigenvalue weighted by atomic mass is 10.0. The van der Waals surface area contributed by atoms with Crippen molar-refractivity contribution in [2.75, 3.05) is 0 Å². The van der Waals surface area contributed by atoms with Crippen molar-refractivity contribution in [2.24, 2.45) is 5.92 Å². The van der Waals surface area contributed by atoms with Gasteiger partial charge in [-0.1, -0.05) is 13.8 Å². The van der Waals surface area contributed by atoms with Crippen LogP contribution in [0.2, 0.25) is 0 Å². The summed E-state index contributed by atoms with van der Waals surface area (Å²) in [6.07, 6.45) is 4.15. The van der Waals surface area contributed by atoms with Gasteiger partial charge in [-0.15, -0.1) is 0 Å². The molecule has 0 N–H and O–H groups in total. The lowest BCUT2D eigenvalue weighted by Crippen LogP contribution is -1.92. The van der Waals surface area contributed by atoms with Crippen LogP contribution in [0.5, 0.6) is 0 Å². The minimum absolute atomic E-state index is 0.759. The van der Waals surface area contributed by atoms with Gasteiger partial charge in [-0.3, -0.25) is 0 Å². The molecular weight excluding hydrogens is 148 g/mol. The maximum absolute atomic E-state index is 5.45. The standard InChI is InChI=1S/C11H18O/c1-8(2)5-6-11-10(4)9(3)7-12-11/h7-8H,5-6H2,1-4H3. The smallest absolute Gasteiger partial charge is 0.106 e. The molecule has 12 heavy (non-hydrogen) atoms. The second kappa shape index (κ2) is 3.79. The first-order chi connectivity index (χ1) is 5.61. The van der Waals surface area contributed by atoms with Gasteiger partial charge in [0.15, 0.2) is 0 Å². The zero-order chi connectivity index (χ0) is 9.14. The molecule has 1 aromatic heterocycles. The van der Waals surface area contributed by atoms with Crippen LogP contribution in [0.3, 0.4) is 0 Å². The van der Waals surface area contributed by atoms with Crippen molar-refractivity contribution < 1.29 is 4.42 Å². The predicted octanol–water partition coefficient (Wildman–Crippen LogP) is 3.49. The second-order valence-electron chi connectivity index (χ2n) is 3.90. The van der Waals surface area contributed by atoms with Crippen LogP contribution in [0.15, 0.2) is 10.7 Å². The van der Waals surface area contributed by atoms with Crippen LogP contribution in [0.1, 0.15) is 37.2 Å². The first-order valence-corrected chi connectivity index (χ1v) is 4.65. The van der Waals surface area contributed by atoms with E-state index in [9.17, 15) is 0 Å². The normalized spacial score (nSPS) is 11.1. The number of rotatable bonds is 3. The van der Waals surface area contributed by atoms with Crippen molar-refractivity contribution in [3.8, 4) is 0 Å². The Morgan fingerprint density at radius 1 is 1.33 bits per heavy atom. The fourth-order valence-electron chi connectivity index (χ4n) is 1.22. The number of aryl methyl sites for hydroxylation is 2. The third kappa shape index (κ3) is 2.13. The van der Waals surface area contributed by atoms with Crippen LogP contribution in [0, 0.1) is 19.8 Å². The molecule has 0 atom stereocenters. The lowest BCUT2D eigenvalue weighted by Gasteiger charge is -2.02. The quantitative estimate of drug-likeness (QED) is 0.670. The Balaban J connectivity index is 2.58. The van der Waals surface area contributed by atoms with E-state index in [0.29, 0.717) is 0 Å². The molecule has 0 aliphatic heterocycles. The van der Waals surface area contributed by atoms with E-state index in [1.54, 1.807) is 0 Å². The van der Waals surface area contributed by atoms with E-state index < -0.39 is 0 Å². The van der Waals surface area contributed by atoms with Gasteiger partial charge in [0.05, 0.1) is 6.26 Å². The summed E-state index contributed by atoms with van der Waals surface area (Å²) in [5.41, 5.74) is 2.60. The van der Waals surface area contributed by atoms with Crippen LogP contribution in [-0.4, -0.2) is 0 Å². The van der Waals surface area contributed by atoms with Crippen molar-refractivity contribution in [1.29, 1.82) is 0 Å². The van der Waals surface area contributed by atoms with E-state index in [1.807, 2.05) is 6.26 Å². The average molecular weight is 166 g/mol. The van der Waals surface area contributed by atoms with E-state index in [4.69, 9.17) is 4.42 Å². The van der Waals surface area contributed by atoms with E-state index in [0.717, 1.165) is 12.3 Å². The summed E-state index contributed by atoms with van der Waals surface area (Å²) in [6.45, 7) is 8.71. The Hall–Kier alpha value is -0.720. The summed E-state index contributed by atoms with van der Waals surface area (Å²) in [5, 5.41) is 0. The summed E-state index contributed by atoms with van der Waals surface area (Å²) < 4.78 is 5.45. The Morgan fingerprint density at radius 2 is 2.00 bits per heavy atom. The summed E-state index contributed by atoms with van der Waals surface area (Å²) in [4.78, 5) is 0. The fourth-order valence-corrected chi connectivity index (χ4v) is 1.22. The Morgan fingerprint density at radius 3 is 2.42 bits per heavy atom. The topological polar surface area (TPSA) is 13.1 Å². The highest BCUT2D eigenvalue weighted by atomic mass is 16.3. The Bertz CT molecular complexity index is 246. The van der Waals surface area contributed by atoms with Crippen molar-refractivity contribution in [1.82, 2.24) is 0 Å². The fraction of sp³-hybridized carbons (Fsp3) is 0.636. The maximum Gasteiger partial charge on any atom is 0.106 e. The van der Waals surface area contributed by atoms with Crippen molar-refractivity contribution in [3.05, 3.63) is 23.2 Å². The lowest BCUT2D eigenvalue weighted by molar-refractivity contribution is 0.472. The minimum Gasteiger partial charge on any atom is -0.469 e. The Kier molecular flexibility index (Phi) is 2.96. The zero-order valence-electron chi connectivity index (χ0n) is 8.48. The number of hydrogen-bond acceptors (Lipinski definition) is 1. The molecule has 1 heterocycles. The highest BCUT2D eigenvalue weighted by molar-refractivity contribution is 5.24. The number of hydrogen-bond donors (Lipinski definition) is 0. The molecule has 0 spiro atoms. The molecule has 0 saturated carbocycles. The molecule has 1 heteroatoms. The monoisotopic (exact) mass is 166 g/mol. The third-order valence-corrected chi connectivity index (χ3v) is 2.34. The first kappa shape index (κ1) is 9.37. The molecule has 0 saturated heterocycles. The highest BCUT2D eigenvalue weighted by Gasteiger charge is 2.06. The van der Waals surface area contributed by atoms with E-state index >= 15 is 0 Å². The SMILES string of the molecule is Cc1coc(CCC(C)C)c1C.